The SMILES string of the molecule is CN1CCCC(CN)(N2CCCC3CCCC32)C1. The summed E-state index contributed by atoms with van der Waals surface area (Å²) < 4.78 is 0. The van der Waals surface area contributed by atoms with E-state index in [4.69, 9.17) is 5.73 Å². The lowest BCUT2D eigenvalue weighted by Gasteiger charge is -2.54. The lowest BCUT2D eigenvalue weighted by atomic mass is 9.81. The lowest BCUT2D eigenvalue weighted by Crippen LogP contribution is -2.66. The summed E-state index contributed by atoms with van der Waals surface area (Å²) in [6, 6.07) is 0.855. The van der Waals surface area contributed by atoms with E-state index in [2.05, 4.69) is 16.8 Å². The Balaban J connectivity index is 1.81. The van der Waals surface area contributed by atoms with Crippen molar-refractivity contribution < 1.29 is 0 Å². The first kappa shape index (κ1) is 12.9. The molecule has 0 radical (unpaired) electrons. The molecule has 104 valence electrons. The Morgan fingerprint density at radius 1 is 1.11 bits per heavy atom. The maximum Gasteiger partial charge on any atom is 0.0461 e. The summed E-state index contributed by atoms with van der Waals surface area (Å²) >= 11 is 0. The molecule has 2 aliphatic heterocycles. The molecule has 0 aromatic carbocycles. The van der Waals surface area contributed by atoms with Gasteiger partial charge < -0.3 is 10.6 Å². The van der Waals surface area contributed by atoms with Gasteiger partial charge >= 0.3 is 0 Å². The van der Waals surface area contributed by atoms with E-state index >= 15 is 0 Å². The Morgan fingerprint density at radius 3 is 2.72 bits per heavy atom. The van der Waals surface area contributed by atoms with E-state index in [-0.39, 0.29) is 0 Å². The van der Waals surface area contributed by atoms with Crippen LogP contribution in [0.25, 0.3) is 0 Å². The Morgan fingerprint density at radius 2 is 1.94 bits per heavy atom. The van der Waals surface area contributed by atoms with Crippen molar-refractivity contribution in [2.24, 2.45) is 11.7 Å². The van der Waals surface area contributed by atoms with Crippen LogP contribution in [0.5, 0.6) is 0 Å². The molecule has 2 N–H and O–H groups in total. The Bertz CT molecular complexity index is 293. The molecule has 1 saturated carbocycles. The third-order valence-corrected chi connectivity index (χ3v) is 5.73. The first-order valence-electron chi connectivity index (χ1n) is 7.90. The molecule has 3 aliphatic rings. The van der Waals surface area contributed by atoms with Crippen molar-refractivity contribution in [3.8, 4) is 0 Å². The van der Waals surface area contributed by atoms with Gasteiger partial charge in [-0.15, -0.1) is 0 Å². The minimum Gasteiger partial charge on any atom is -0.329 e. The fraction of sp³-hybridized carbons (Fsp3) is 1.00. The van der Waals surface area contributed by atoms with Crippen molar-refractivity contribution in [3.05, 3.63) is 0 Å². The summed E-state index contributed by atoms with van der Waals surface area (Å²) in [5, 5.41) is 0. The van der Waals surface area contributed by atoms with Gasteiger partial charge in [0, 0.05) is 24.7 Å². The van der Waals surface area contributed by atoms with Crippen molar-refractivity contribution >= 4 is 0 Å². The van der Waals surface area contributed by atoms with Crippen molar-refractivity contribution in [1.82, 2.24) is 9.80 Å². The number of likely N-dealkylation sites (tertiary alicyclic amines) is 2. The van der Waals surface area contributed by atoms with Crippen LogP contribution >= 0.6 is 0 Å². The number of rotatable bonds is 2. The van der Waals surface area contributed by atoms with Crippen LogP contribution in [-0.4, -0.2) is 54.6 Å². The molecule has 3 heteroatoms. The van der Waals surface area contributed by atoms with Gasteiger partial charge in [-0.2, -0.15) is 0 Å². The Kier molecular flexibility index (Phi) is 3.65. The summed E-state index contributed by atoms with van der Waals surface area (Å²) in [4.78, 5) is 5.35. The van der Waals surface area contributed by atoms with Gasteiger partial charge in [-0.25, -0.2) is 0 Å². The predicted octanol–water partition coefficient (Wildman–Crippen LogP) is 1.67. The standard InChI is InChI=1S/C15H29N3/c1-17-9-4-8-15(11-16,12-17)18-10-3-6-13-5-2-7-14(13)18/h13-14H,2-12,16H2,1H3. The number of piperidine rings is 2. The molecule has 3 unspecified atom stereocenters. The average Bonchev–Trinajstić information content (AvgIpc) is 2.86. The minimum absolute atomic E-state index is 0.292. The molecule has 18 heavy (non-hydrogen) atoms. The van der Waals surface area contributed by atoms with Gasteiger partial charge in [-0.1, -0.05) is 6.42 Å². The van der Waals surface area contributed by atoms with Crippen LogP contribution in [-0.2, 0) is 0 Å². The number of nitrogens with zero attached hydrogens (tertiary/aromatic N) is 2. The molecular weight excluding hydrogens is 222 g/mol. The lowest BCUT2D eigenvalue weighted by molar-refractivity contribution is -0.0345. The van der Waals surface area contributed by atoms with Crippen LogP contribution in [0.2, 0.25) is 0 Å². The molecule has 3 atom stereocenters. The highest BCUT2D eigenvalue weighted by Gasteiger charge is 2.46. The Labute approximate surface area is 112 Å². The summed E-state index contributed by atoms with van der Waals surface area (Å²) in [7, 11) is 2.26. The highest BCUT2D eigenvalue weighted by molar-refractivity contribution is 5.03. The van der Waals surface area contributed by atoms with Crippen LogP contribution in [0.15, 0.2) is 0 Å². The molecule has 3 nitrogen and oxygen atoms in total. The van der Waals surface area contributed by atoms with Gasteiger partial charge in [0.15, 0.2) is 0 Å². The zero-order valence-electron chi connectivity index (χ0n) is 11.9. The zero-order valence-corrected chi connectivity index (χ0v) is 11.9. The highest BCUT2D eigenvalue weighted by atomic mass is 15.3. The molecule has 0 aromatic heterocycles. The molecule has 0 amide bonds. The topological polar surface area (TPSA) is 32.5 Å². The molecule has 1 aliphatic carbocycles. The molecular formula is C15H29N3. The van der Waals surface area contributed by atoms with Gasteiger partial charge in [0.25, 0.3) is 0 Å². The second-order valence-corrected chi connectivity index (χ2v) is 6.86. The number of hydrogen-bond donors (Lipinski definition) is 1. The summed E-state index contributed by atoms with van der Waals surface area (Å²) in [6.45, 7) is 4.59. The number of nitrogens with two attached hydrogens (primary N) is 1. The monoisotopic (exact) mass is 251 g/mol. The quantitative estimate of drug-likeness (QED) is 0.810. The smallest absolute Gasteiger partial charge is 0.0461 e. The maximum atomic E-state index is 6.25. The van der Waals surface area contributed by atoms with E-state index in [1.165, 1.54) is 64.6 Å². The minimum atomic E-state index is 0.292. The average molecular weight is 251 g/mol. The van der Waals surface area contributed by atoms with Gasteiger partial charge in [-0.3, -0.25) is 4.90 Å². The zero-order chi connectivity index (χ0) is 12.6. The third kappa shape index (κ3) is 2.10. The van der Waals surface area contributed by atoms with E-state index in [1.54, 1.807) is 0 Å². The van der Waals surface area contributed by atoms with Crippen LogP contribution in [0.3, 0.4) is 0 Å². The third-order valence-electron chi connectivity index (χ3n) is 5.73. The maximum absolute atomic E-state index is 6.25. The van der Waals surface area contributed by atoms with Crippen LogP contribution < -0.4 is 5.73 Å². The fourth-order valence-electron chi connectivity index (χ4n) is 4.90. The number of fused-ring (bicyclic) bond motifs is 1. The Hall–Kier alpha value is -0.120. The van der Waals surface area contributed by atoms with E-state index in [1.807, 2.05) is 0 Å². The molecule has 2 heterocycles. The first-order valence-corrected chi connectivity index (χ1v) is 7.90. The van der Waals surface area contributed by atoms with E-state index in [0.29, 0.717) is 5.54 Å². The fourth-order valence-corrected chi connectivity index (χ4v) is 4.90. The van der Waals surface area contributed by atoms with E-state index in [0.717, 1.165) is 18.5 Å². The summed E-state index contributed by atoms with van der Waals surface area (Å²) in [5.74, 6) is 0.981. The highest BCUT2D eigenvalue weighted by Crippen LogP contribution is 2.41. The normalized spacial score (nSPS) is 43.0. The summed E-state index contributed by atoms with van der Waals surface area (Å²) in [5.41, 5.74) is 6.54. The van der Waals surface area contributed by atoms with Crippen LogP contribution in [0.4, 0.5) is 0 Å². The molecule has 0 bridgehead atoms. The second-order valence-electron chi connectivity index (χ2n) is 6.86. The number of hydrogen-bond acceptors (Lipinski definition) is 3. The molecule has 0 aromatic rings. The van der Waals surface area contributed by atoms with Gasteiger partial charge in [-0.05, 0) is 64.6 Å². The van der Waals surface area contributed by atoms with E-state index in [9.17, 15) is 0 Å². The van der Waals surface area contributed by atoms with Crippen LogP contribution in [0.1, 0.15) is 44.9 Å². The molecule has 3 fully saturated rings. The first-order chi connectivity index (χ1) is 8.75. The molecule has 0 spiro atoms. The van der Waals surface area contributed by atoms with Crippen molar-refractivity contribution in [2.45, 2.75) is 56.5 Å². The number of likely N-dealkylation sites (N-methyl/N-ethyl adjacent to an activating group) is 1. The molecule has 3 rings (SSSR count). The molecule has 2 saturated heterocycles. The largest absolute Gasteiger partial charge is 0.329 e. The van der Waals surface area contributed by atoms with E-state index < -0.39 is 0 Å². The van der Waals surface area contributed by atoms with Gasteiger partial charge in [0.1, 0.15) is 0 Å². The van der Waals surface area contributed by atoms with Crippen molar-refractivity contribution in [3.63, 3.8) is 0 Å². The van der Waals surface area contributed by atoms with Crippen molar-refractivity contribution in [2.75, 3.05) is 33.2 Å². The predicted molar refractivity (Wildman–Crippen MR) is 75.6 cm³/mol. The van der Waals surface area contributed by atoms with Crippen LogP contribution in [0, 0.1) is 5.92 Å². The van der Waals surface area contributed by atoms with Gasteiger partial charge in [0.05, 0.1) is 0 Å². The second kappa shape index (κ2) is 5.10. The van der Waals surface area contributed by atoms with Gasteiger partial charge in [0.2, 0.25) is 0 Å². The van der Waals surface area contributed by atoms with Crippen molar-refractivity contribution in [1.29, 1.82) is 0 Å². The summed E-state index contributed by atoms with van der Waals surface area (Å²) in [6.07, 6.45) is 9.85.